The fraction of sp³-hybridized carbons (Fsp3) is 0.200. The molecule has 1 N–H and O–H groups in total. The molecule has 1 unspecified atom stereocenters. The van der Waals surface area contributed by atoms with E-state index in [1.807, 2.05) is 54.1 Å². The van der Waals surface area contributed by atoms with Gasteiger partial charge in [0.15, 0.2) is 5.78 Å². The van der Waals surface area contributed by atoms with Crippen LogP contribution in [0.5, 0.6) is 0 Å². The Morgan fingerprint density at radius 2 is 1.96 bits per heavy atom. The molecule has 0 saturated carbocycles. The molecule has 4 nitrogen and oxygen atoms in total. The van der Waals surface area contributed by atoms with Crippen LogP contribution in [0.1, 0.15) is 39.6 Å². The minimum atomic E-state index is -0.730. The van der Waals surface area contributed by atoms with E-state index in [4.69, 9.17) is 0 Å². The largest absolute Gasteiger partial charge is 0.384 e. The van der Waals surface area contributed by atoms with Gasteiger partial charge in [-0.25, -0.2) is 4.98 Å². The van der Waals surface area contributed by atoms with E-state index in [1.54, 1.807) is 24.7 Å². The maximum Gasteiger partial charge on any atom is 0.164 e. The molecular formula is C20H20N2O2. The van der Waals surface area contributed by atoms with Crippen molar-refractivity contribution in [3.05, 3.63) is 89.5 Å². The third-order valence-corrected chi connectivity index (χ3v) is 4.07. The smallest absolute Gasteiger partial charge is 0.164 e. The van der Waals surface area contributed by atoms with Crippen molar-refractivity contribution < 1.29 is 9.90 Å². The molecule has 0 aliphatic rings. The third-order valence-electron chi connectivity index (χ3n) is 4.07. The quantitative estimate of drug-likeness (QED) is 0.707. The van der Waals surface area contributed by atoms with Crippen LogP contribution in [0.3, 0.4) is 0 Å². The van der Waals surface area contributed by atoms with Gasteiger partial charge in [-0.05, 0) is 24.1 Å². The summed E-state index contributed by atoms with van der Waals surface area (Å²) in [7, 11) is 0. The second-order valence-electron chi connectivity index (χ2n) is 5.91. The number of benzene rings is 2. The maximum atomic E-state index is 12.4. The average Bonchev–Trinajstić information content (AvgIpc) is 3.13. The van der Waals surface area contributed by atoms with E-state index in [2.05, 4.69) is 4.98 Å². The molecule has 0 saturated heterocycles. The van der Waals surface area contributed by atoms with E-state index < -0.39 is 6.10 Å². The molecule has 24 heavy (non-hydrogen) atoms. The van der Waals surface area contributed by atoms with Crippen molar-refractivity contribution in [2.24, 2.45) is 0 Å². The average molecular weight is 320 g/mol. The molecule has 4 heteroatoms. The van der Waals surface area contributed by atoms with Gasteiger partial charge in [0.2, 0.25) is 0 Å². The van der Waals surface area contributed by atoms with Crippen molar-refractivity contribution in [1.82, 2.24) is 9.55 Å². The number of Topliss-reactive ketones (excluding diaryl/α,β-unsaturated/α-hetero) is 1. The van der Waals surface area contributed by atoms with Crippen molar-refractivity contribution in [2.75, 3.05) is 0 Å². The summed E-state index contributed by atoms with van der Waals surface area (Å²) < 4.78 is 1.88. The molecule has 0 bridgehead atoms. The second-order valence-corrected chi connectivity index (χ2v) is 5.91. The zero-order valence-electron chi connectivity index (χ0n) is 13.6. The molecule has 1 aromatic heterocycles. The Kier molecular flexibility index (Phi) is 4.87. The lowest BCUT2D eigenvalue weighted by atomic mass is 9.97. The highest BCUT2D eigenvalue weighted by Crippen LogP contribution is 2.23. The Morgan fingerprint density at radius 3 is 2.67 bits per heavy atom. The Morgan fingerprint density at radius 1 is 1.17 bits per heavy atom. The summed E-state index contributed by atoms with van der Waals surface area (Å²) in [5.41, 5.74) is 3.32. The highest BCUT2D eigenvalue weighted by Gasteiger charge is 2.13. The molecule has 0 fully saturated rings. The Labute approximate surface area is 141 Å². The van der Waals surface area contributed by atoms with Crippen LogP contribution in [-0.4, -0.2) is 20.4 Å². The summed E-state index contributed by atoms with van der Waals surface area (Å²) in [6.07, 6.45) is 4.91. The van der Waals surface area contributed by atoms with E-state index in [0.717, 1.165) is 16.7 Å². The second kappa shape index (κ2) is 7.23. The molecule has 122 valence electrons. The molecule has 2 aromatic carbocycles. The predicted molar refractivity (Wildman–Crippen MR) is 92.9 cm³/mol. The van der Waals surface area contributed by atoms with Crippen LogP contribution in [0.25, 0.3) is 0 Å². The number of hydrogen-bond donors (Lipinski definition) is 1. The topological polar surface area (TPSA) is 55.1 Å². The number of aliphatic hydroxyl groups is 1. The van der Waals surface area contributed by atoms with E-state index in [9.17, 15) is 9.90 Å². The van der Waals surface area contributed by atoms with E-state index in [0.29, 0.717) is 18.5 Å². The first-order valence-corrected chi connectivity index (χ1v) is 7.97. The lowest BCUT2D eigenvalue weighted by Crippen LogP contribution is -2.07. The summed E-state index contributed by atoms with van der Waals surface area (Å²) in [4.78, 5) is 16.3. The van der Waals surface area contributed by atoms with Crippen LogP contribution < -0.4 is 0 Å². The van der Waals surface area contributed by atoms with Crippen LogP contribution in [0.15, 0.2) is 67.3 Å². The predicted octanol–water partition coefficient (Wildman–Crippen LogP) is 3.55. The fourth-order valence-electron chi connectivity index (χ4n) is 2.62. The van der Waals surface area contributed by atoms with Gasteiger partial charge < -0.3 is 9.67 Å². The minimum absolute atomic E-state index is 0.0571. The number of carbonyl (C=O) groups excluding carboxylic acids is 1. The Hall–Kier alpha value is -2.72. The van der Waals surface area contributed by atoms with Crippen molar-refractivity contribution >= 4 is 5.78 Å². The first-order chi connectivity index (χ1) is 11.6. The van der Waals surface area contributed by atoms with Gasteiger partial charge in [0.05, 0.1) is 6.33 Å². The summed E-state index contributed by atoms with van der Waals surface area (Å²) >= 11 is 0. The first-order valence-electron chi connectivity index (χ1n) is 7.97. The summed E-state index contributed by atoms with van der Waals surface area (Å²) in [5.74, 6) is 0.0571. The van der Waals surface area contributed by atoms with Crippen LogP contribution in [0.4, 0.5) is 0 Å². The van der Waals surface area contributed by atoms with Gasteiger partial charge in [0, 0.05) is 30.9 Å². The van der Waals surface area contributed by atoms with Crippen LogP contribution in [0, 0.1) is 6.92 Å². The molecule has 3 rings (SSSR count). The van der Waals surface area contributed by atoms with Gasteiger partial charge in [0.25, 0.3) is 0 Å². The number of nitrogens with zero attached hydrogens (tertiary/aromatic N) is 2. The Balaban J connectivity index is 1.73. The summed E-state index contributed by atoms with van der Waals surface area (Å²) in [6, 6.07) is 15.0. The van der Waals surface area contributed by atoms with Crippen LogP contribution in [-0.2, 0) is 6.54 Å². The zero-order valence-corrected chi connectivity index (χ0v) is 13.6. The number of aryl methyl sites for hydroxylation is 2. The lowest BCUT2D eigenvalue weighted by Gasteiger charge is -2.13. The van der Waals surface area contributed by atoms with E-state index >= 15 is 0 Å². The molecule has 1 atom stereocenters. The molecule has 1 heterocycles. The van der Waals surface area contributed by atoms with Crippen molar-refractivity contribution in [1.29, 1.82) is 0 Å². The number of imidazole rings is 1. The molecule has 0 radical (unpaired) electrons. The number of aliphatic hydroxyl groups excluding tert-OH is 1. The van der Waals surface area contributed by atoms with Crippen LogP contribution >= 0.6 is 0 Å². The SMILES string of the molecule is Cc1ccc(C(O)c2cccc(C(=O)CCn3ccnc3)c2)cc1. The molecule has 0 amide bonds. The summed E-state index contributed by atoms with van der Waals surface area (Å²) in [5, 5.41) is 10.5. The fourth-order valence-corrected chi connectivity index (χ4v) is 2.62. The van der Waals surface area contributed by atoms with Crippen molar-refractivity contribution in [3.8, 4) is 0 Å². The molecule has 0 spiro atoms. The lowest BCUT2D eigenvalue weighted by molar-refractivity contribution is 0.0977. The van der Waals surface area contributed by atoms with E-state index in [-0.39, 0.29) is 5.78 Å². The van der Waals surface area contributed by atoms with Gasteiger partial charge in [-0.2, -0.15) is 0 Å². The highest BCUT2D eigenvalue weighted by molar-refractivity contribution is 5.96. The molecule has 0 aliphatic carbocycles. The number of carbonyl (C=O) groups is 1. The van der Waals surface area contributed by atoms with Gasteiger partial charge in [-0.3, -0.25) is 4.79 Å². The standard InChI is InChI=1S/C20H20N2O2/c1-15-5-7-16(8-6-15)20(24)18-4-2-3-17(13-18)19(23)9-11-22-12-10-21-14-22/h2-8,10,12-14,20,24H,9,11H2,1H3. The van der Waals surface area contributed by atoms with Crippen LogP contribution in [0.2, 0.25) is 0 Å². The number of ketones is 1. The van der Waals surface area contributed by atoms with Gasteiger partial charge in [-0.15, -0.1) is 0 Å². The normalized spacial score (nSPS) is 12.1. The zero-order chi connectivity index (χ0) is 16.9. The third kappa shape index (κ3) is 3.78. The Bertz CT molecular complexity index is 808. The van der Waals surface area contributed by atoms with Gasteiger partial charge in [-0.1, -0.05) is 48.0 Å². The highest BCUT2D eigenvalue weighted by atomic mass is 16.3. The number of aromatic nitrogens is 2. The van der Waals surface area contributed by atoms with Gasteiger partial charge in [0.1, 0.15) is 6.10 Å². The van der Waals surface area contributed by atoms with Crippen molar-refractivity contribution in [3.63, 3.8) is 0 Å². The van der Waals surface area contributed by atoms with Gasteiger partial charge >= 0.3 is 0 Å². The number of rotatable bonds is 6. The molecule has 0 aliphatic heterocycles. The monoisotopic (exact) mass is 320 g/mol. The molecule has 3 aromatic rings. The molecular weight excluding hydrogens is 300 g/mol. The first kappa shape index (κ1) is 16.1. The number of hydrogen-bond acceptors (Lipinski definition) is 3. The maximum absolute atomic E-state index is 12.4. The minimum Gasteiger partial charge on any atom is -0.384 e. The van der Waals surface area contributed by atoms with Crippen molar-refractivity contribution in [2.45, 2.75) is 26.0 Å². The summed E-state index contributed by atoms with van der Waals surface area (Å²) in [6.45, 7) is 2.61. The van der Waals surface area contributed by atoms with E-state index in [1.165, 1.54) is 0 Å².